The Labute approximate surface area is 377 Å². The molecule has 0 spiro atoms. The highest BCUT2D eigenvalue weighted by Crippen LogP contribution is 2.67. The lowest BCUT2D eigenvalue weighted by atomic mass is 9.44. The number of carbonyl (C=O) groups excluding carboxylic acids is 5. The number of amides is 1. The fraction of sp³-hybridized carbons (Fsp3) is 0.460. The van der Waals surface area contributed by atoms with Crippen LogP contribution in [0.3, 0.4) is 0 Å². The molecule has 1 amide bonds. The van der Waals surface area contributed by atoms with E-state index in [1.165, 1.54) is 19.9 Å². The first-order valence-electron chi connectivity index (χ1n) is 21.8. The van der Waals surface area contributed by atoms with Crippen LogP contribution in [0.5, 0.6) is 0 Å². The summed E-state index contributed by atoms with van der Waals surface area (Å²) in [6.07, 6.45) is -8.88. The van der Waals surface area contributed by atoms with Crippen molar-refractivity contribution in [3.8, 4) is 0 Å². The maximum atomic E-state index is 14.5. The van der Waals surface area contributed by atoms with E-state index in [1.807, 2.05) is 6.92 Å². The number of carbonyl (C=O) groups is 5. The van der Waals surface area contributed by atoms with Crippen molar-refractivity contribution in [2.75, 3.05) is 6.61 Å². The normalized spacial score (nSPS) is 34.0. The summed E-state index contributed by atoms with van der Waals surface area (Å²) in [6, 6.07) is 23.6. The molecule has 15 heteroatoms. The molecule has 3 unspecified atom stereocenters. The minimum atomic E-state index is -2.25. The summed E-state index contributed by atoms with van der Waals surface area (Å²) >= 11 is 0. The second-order valence-corrected chi connectivity index (χ2v) is 18.4. The van der Waals surface area contributed by atoms with Crippen LogP contribution in [0.1, 0.15) is 86.7 Å². The summed E-state index contributed by atoms with van der Waals surface area (Å²) < 4.78 is 45.0. The molecule has 3 aromatic rings. The number of hydrogen-bond acceptors (Lipinski definition) is 14. The van der Waals surface area contributed by atoms with Crippen molar-refractivity contribution >= 4 is 29.8 Å². The number of fused-ring (bicyclic) bond motifs is 4. The molecule has 4 fully saturated rings. The van der Waals surface area contributed by atoms with Crippen molar-refractivity contribution in [1.82, 2.24) is 5.32 Å². The van der Waals surface area contributed by atoms with E-state index in [9.17, 15) is 34.2 Å². The summed E-state index contributed by atoms with van der Waals surface area (Å²) in [4.78, 5) is 69.2. The third-order valence-corrected chi connectivity index (χ3v) is 14.4. The van der Waals surface area contributed by atoms with Crippen LogP contribution in [0.4, 0.5) is 0 Å². The molecule has 65 heavy (non-hydrogen) atoms. The molecule has 2 aliphatic heterocycles. The van der Waals surface area contributed by atoms with Gasteiger partial charge in [0.25, 0.3) is 5.91 Å². The number of aliphatic hydroxyl groups excluding tert-OH is 1. The van der Waals surface area contributed by atoms with Crippen molar-refractivity contribution < 1.29 is 67.3 Å². The van der Waals surface area contributed by atoms with Gasteiger partial charge in [0.2, 0.25) is 0 Å². The lowest BCUT2D eigenvalue weighted by molar-refractivity contribution is -0.405. The van der Waals surface area contributed by atoms with Crippen LogP contribution in [0.2, 0.25) is 0 Å². The van der Waals surface area contributed by atoms with E-state index >= 15 is 0 Å². The Morgan fingerprint density at radius 2 is 1.45 bits per heavy atom. The Kier molecular flexibility index (Phi) is 12.2. The first-order chi connectivity index (χ1) is 30.9. The van der Waals surface area contributed by atoms with Crippen molar-refractivity contribution in [3.63, 3.8) is 0 Å². The molecule has 13 atom stereocenters. The number of rotatable bonds is 11. The number of benzene rings is 3. The molecule has 2 heterocycles. The second kappa shape index (κ2) is 17.3. The molecule has 8 rings (SSSR count). The van der Waals surface area contributed by atoms with Gasteiger partial charge in [-0.25, -0.2) is 9.59 Å². The smallest absolute Gasteiger partial charge is 0.338 e. The van der Waals surface area contributed by atoms with Gasteiger partial charge in [0.05, 0.1) is 30.2 Å². The Bertz CT molecular complexity index is 2370. The SMILES string of the molecule is C=CC1O[C@H]2CC3OC[C@@]3(OC(C)=O)C3[C@H](OC(=O)c4ccccc4)[C@]4(O)C[C@H](OC(=O)[C@H](O)[C@@H](NC(=O)c5ccccc5)c5ccccc5)C(C)=C([C@H](OC(C)=O)[C@H](O1)[C@@]32C)C4(C)C. The molecule has 2 bridgehead atoms. The zero-order valence-corrected chi connectivity index (χ0v) is 37.1. The lowest BCUT2D eigenvalue weighted by Crippen LogP contribution is -2.83. The summed E-state index contributed by atoms with van der Waals surface area (Å²) in [5.41, 5.74) is -5.17. The van der Waals surface area contributed by atoms with Crippen LogP contribution in [0.25, 0.3) is 0 Å². The quantitative estimate of drug-likeness (QED) is 0.130. The second-order valence-electron chi connectivity index (χ2n) is 18.4. The molecule has 3 N–H and O–H groups in total. The van der Waals surface area contributed by atoms with Gasteiger partial charge in [-0.15, -0.1) is 0 Å². The fourth-order valence-electron chi connectivity index (χ4n) is 11.2. The van der Waals surface area contributed by atoms with Gasteiger partial charge < -0.3 is 48.7 Å². The van der Waals surface area contributed by atoms with Gasteiger partial charge >= 0.3 is 23.9 Å². The largest absolute Gasteiger partial charge is 0.456 e. The predicted molar refractivity (Wildman–Crippen MR) is 230 cm³/mol. The molecule has 0 radical (unpaired) electrons. The van der Waals surface area contributed by atoms with E-state index in [0.29, 0.717) is 16.7 Å². The number of aliphatic hydroxyl groups is 2. The molecule has 15 nitrogen and oxygen atoms in total. The summed E-state index contributed by atoms with van der Waals surface area (Å²) in [6.45, 7) is 13.2. The van der Waals surface area contributed by atoms with Gasteiger partial charge in [-0.2, -0.15) is 0 Å². The van der Waals surface area contributed by atoms with Gasteiger partial charge in [-0.3, -0.25) is 14.4 Å². The Balaban J connectivity index is 1.30. The molecule has 344 valence electrons. The maximum absolute atomic E-state index is 14.5. The predicted octanol–water partition coefficient (Wildman–Crippen LogP) is 5.10. The maximum Gasteiger partial charge on any atom is 0.338 e. The Hall–Kier alpha value is -5.71. The molecular weight excluding hydrogens is 839 g/mol. The zero-order valence-electron chi connectivity index (χ0n) is 37.1. The lowest BCUT2D eigenvalue weighted by Gasteiger charge is -2.71. The van der Waals surface area contributed by atoms with Gasteiger partial charge in [0.15, 0.2) is 24.1 Å². The summed E-state index contributed by atoms with van der Waals surface area (Å²) in [5, 5.41) is 28.7. The molecule has 2 saturated heterocycles. The van der Waals surface area contributed by atoms with Crippen molar-refractivity contribution in [2.45, 2.75) is 121 Å². The first kappa shape index (κ1) is 45.8. The van der Waals surface area contributed by atoms with Crippen LogP contribution >= 0.6 is 0 Å². The number of hydrogen-bond donors (Lipinski definition) is 3. The average molecular weight is 894 g/mol. The van der Waals surface area contributed by atoms with Crippen LogP contribution in [0.15, 0.2) is 115 Å². The topological polar surface area (TPSA) is 202 Å². The van der Waals surface area contributed by atoms with Crippen molar-refractivity contribution in [3.05, 3.63) is 131 Å². The highest BCUT2D eigenvalue weighted by Gasteiger charge is 2.79. The third-order valence-electron chi connectivity index (χ3n) is 14.4. The van der Waals surface area contributed by atoms with Crippen LogP contribution < -0.4 is 5.32 Å². The monoisotopic (exact) mass is 893 g/mol. The minimum Gasteiger partial charge on any atom is -0.456 e. The number of nitrogens with one attached hydrogen (secondary N) is 1. The van der Waals surface area contributed by atoms with Crippen LogP contribution in [0, 0.1) is 16.7 Å². The van der Waals surface area contributed by atoms with Crippen molar-refractivity contribution in [1.29, 1.82) is 0 Å². The fourth-order valence-corrected chi connectivity index (χ4v) is 11.2. The standard InChI is InChI=1S/C50H55NO14/c1-8-36-62-34-24-35-49(26-59-35,65-29(4)53)41-43(64-45(56)32-22-16-11-17-23-32)50(58)25-33(27(2)37(47(50,5)6)40(60-28(3)52)42(63-36)48(34,41)7)61-46(57)39(54)38(30-18-12-9-13-19-30)51-44(55)31-20-14-10-15-21-31/h8-23,33-36,38-43,54,58H,1,24-26H2,2-7H3,(H,51,55)/t33-,34-,35?,36?,38-,39+,40-,41?,42-,43-,48+,49-,50+/m0/s1. The van der Waals surface area contributed by atoms with E-state index in [0.717, 1.165) is 0 Å². The molecule has 0 aromatic heterocycles. The Morgan fingerprint density at radius 1 is 0.831 bits per heavy atom. The van der Waals surface area contributed by atoms with E-state index in [-0.39, 0.29) is 24.2 Å². The van der Waals surface area contributed by atoms with E-state index in [1.54, 1.807) is 112 Å². The summed E-state index contributed by atoms with van der Waals surface area (Å²) in [5.74, 6) is -5.08. The Morgan fingerprint density at radius 3 is 2.02 bits per heavy atom. The third kappa shape index (κ3) is 7.66. The highest BCUT2D eigenvalue weighted by molar-refractivity contribution is 5.95. The van der Waals surface area contributed by atoms with Gasteiger partial charge in [-0.1, -0.05) is 94.1 Å². The van der Waals surface area contributed by atoms with Gasteiger partial charge in [0, 0.05) is 43.1 Å². The highest BCUT2D eigenvalue weighted by atomic mass is 16.7. The van der Waals surface area contributed by atoms with Gasteiger partial charge in [-0.05, 0) is 54.0 Å². The van der Waals surface area contributed by atoms with E-state index in [2.05, 4.69) is 11.9 Å². The summed E-state index contributed by atoms with van der Waals surface area (Å²) in [7, 11) is 0. The molecular formula is C50H55NO14. The minimum absolute atomic E-state index is 0.155. The molecule has 3 aromatic carbocycles. The molecule has 2 saturated carbocycles. The number of esters is 4. The van der Waals surface area contributed by atoms with E-state index in [4.69, 9.17) is 33.2 Å². The van der Waals surface area contributed by atoms with Gasteiger partial charge in [0.1, 0.15) is 30.0 Å². The van der Waals surface area contributed by atoms with E-state index < -0.39 is 119 Å². The van der Waals surface area contributed by atoms with Crippen LogP contribution in [-0.2, 0) is 47.5 Å². The molecule has 3 aliphatic carbocycles. The van der Waals surface area contributed by atoms with Crippen molar-refractivity contribution in [2.24, 2.45) is 16.7 Å². The zero-order chi connectivity index (χ0) is 46.6. The molecule has 5 aliphatic rings. The van der Waals surface area contributed by atoms with Crippen LogP contribution in [-0.4, -0.2) is 107 Å². The number of ether oxygens (including phenoxy) is 7. The first-order valence-corrected chi connectivity index (χ1v) is 21.8. The average Bonchev–Trinajstić information content (AvgIpc) is 3.27.